The van der Waals surface area contributed by atoms with Gasteiger partial charge in [-0.15, -0.1) is 10.2 Å². The molecule has 1 aromatic rings. The second-order valence-corrected chi connectivity index (χ2v) is 6.10. The minimum atomic E-state index is -0.216. The highest BCUT2D eigenvalue weighted by Crippen LogP contribution is 2.14. The van der Waals surface area contributed by atoms with E-state index in [1.807, 2.05) is 0 Å². The minimum absolute atomic E-state index is 0.216. The zero-order chi connectivity index (χ0) is 13.7. The molecule has 0 saturated carbocycles. The maximum Gasteiger partial charge on any atom is 0.282 e. The van der Waals surface area contributed by atoms with Gasteiger partial charge in [-0.25, -0.2) is 0 Å². The number of hydrogen-bond acceptors (Lipinski definition) is 5. The molecule has 0 radical (unpaired) electrons. The maximum atomic E-state index is 11.7. The summed E-state index contributed by atoms with van der Waals surface area (Å²) >= 11 is 6.71. The van der Waals surface area contributed by atoms with Gasteiger partial charge in [0.15, 0.2) is 0 Å². The number of rotatable bonds is 6. The molecule has 1 N–H and O–H groups in total. The second-order valence-electron chi connectivity index (χ2n) is 4.54. The van der Waals surface area contributed by atoms with Gasteiger partial charge in [0, 0.05) is 25.2 Å². The lowest BCUT2D eigenvalue weighted by molar-refractivity contribution is 0.0938. The van der Waals surface area contributed by atoms with Crippen LogP contribution in [0.3, 0.4) is 0 Å². The lowest BCUT2D eigenvalue weighted by atomic mass is 10.2. The summed E-state index contributed by atoms with van der Waals surface area (Å²) in [4.78, 5) is 14.0. The molecule has 5 nitrogen and oxygen atoms in total. The van der Waals surface area contributed by atoms with Crippen LogP contribution in [0.1, 0.15) is 37.5 Å². The molecule has 1 amide bonds. The van der Waals surface area contributed by atoms with Gasteiger partial charge < -0.3 is 5.32 Å². The Kier molecular flexibility index (Phi) is 5.98. The van der Waals surface area contributed by atoms with E-state index >= 15 is 0 Å². The van der Waals surface area contributed by atoms with E-state index in [-0.39, 0.29) is 10.4 Å². The van der Waals surface area contributed by atoms with Crippen LogP contribution in [0, 0.1) is 0 Å². The molecule has 0 saturated heterocycles. The largest absolute Gasteiger partial charge is 0.349 e. The van der Waals surface area contributed by atoms with Crippen molar-refractivity contribution in [1.29, 1.82) is 0 Å². The molecule has 1 heterocycles. The lowest BCUT2D eigenvalue weighted by Crippen LogP contribution is -2.42. The monoisotopic (exact) mass is 290 g/mol. The number of halogens is 1. The van der Waals surface area contributed by atoms with Crippen molar-refractivity contribution in [3.8, 4) is 0 Å². The van der Waals surface area contributed by atoms with Gasteiger partial charge in [0.05, 0.1) is 0 Å². The van der Waals surface area contributed by atoms with Crippen LogP contribution in [0.15, 0.2) is 0 Å². The molecule has 0 aliphatic rings. The number of nitrogens with zero attached hydrogens (tertiary/aromatic N) is 3. The summed E-state index contributed by atoms with van der Waals surface area (Å²) in [5.41, 5.74) is 0. The predicted octanol–water partition coefficient (Wildman–Crippen LogP) is 2.04. The summed E-state index contributed by atoms with van der Waals surface area (Å²) in [6, 6.07) is 0.913. The first-order valence-corrected chi connectivity index (χ1v) is 7.14. The average molecular weight is 291 g/mol. The normalized spacial score (nSPS) is 11.6. The van der Waals surface area contributed by atoms with E-state index in [2.05, 4.69) is 48.1 Å². The zero-order valence-corrected chi connectivity index (χ0v) is 12.7. The summed E-state index contributed by atoms with van der Waals surface area (Å²) in [5.74, 6) is -0.216. The molecule has 0 spiro atoms. The third-order valence-corrected chi connectivity index (χ3v) is 3.59. The Morgan fingerprint density at radius 2 is 1.94 bits per heavy atom. The maximum absolute atomic E-state index is 11.7. The summed E-state index contributed by atoms with van der Waals surface area (Å²) in [5, 5.41) is 10.4. The number of hydrogen-bond donors (Lipinski definition) is 1. The third kappa shape index (κ3) is 4.51. The van der Waals surface area contributed by atoms with Gasteiger partial charge in [0.1, 0.15) is 0 Å². The van der Waals surface area contributed by atoms with Gasteiger partial charge >= 0.3 is 0 Å². The van der Waals surface area contributed by atoms with Gasteiger partial charge in [0.2, 0.25) is 9.47 Å². The Morgan fingerprint density at radius 3 is 2.39 bits per heavy atom. The second kappa shape index (κ2) is 7.01. The van der Waals surface area contributed by atoms with Crippen LogP contribution in [0.25, 0.3) is 0 Å². The molecule has 0 unspecified atom stereocenters. The van der Waals surface area contributed by atoms with Crippen molar-refractivity contribution in [2.45, 2.75) is 39.8 Å². The number of carbonyl (C=O) groups is 1. The Balaban J connectivity index is 2.39. The standard InChI is InChI=1S/C11H19ClN4OS/c1-7(2)16(8(3)4)6-5-13-9(17)10-14-15-11(12)18-10/h7-8H,5-6H2,1-4H3,(H,13,17). The first kappa shape index (κ1) is 15.3. The van der Waals surface area contributed by atoms with Gasteiger partial charge in [0.25, 0.3) is 5.91 Å². The van der Waals surface area contributed by atoms with Crippen LogP contribution in [0.2, 0.25) is 4.47 Å². The van der Waals surface area contributed by atoms with Crippen molar-refractivity contribution in [2.75, 3.05) is 13.1 Å². The first-order valence-electron chi connectivity index (χ1n) is 5.94. The molecule has 0 aliphatic heterocycles. The minimum Gasteiger partial charge on any atom is -0.349 e. The average Bonchev–Trinajstić information content (AvgIpc) is 2.69. The van der Waals surface area contributed by atoms with Gasteiger partial charge in [-0.05, 0) is 39.3 Å². The highest BCUT2D eigenvalue weighted by molar-refractivity contribution is 7.17. The van der Waals surface area contributed by atoms with Crippen molar-refractivity contribution < 1.29 is 4.79 Å². The number of aromatic nitrogens is 2. The molecule has 0 aromatic carbocycles. The topological polar surface area (TPSA) is 58.1 Å². The molecule has 1 aromatic heterocycles. The number of amides is 1. The van der Waals surface area contributed by atoms with Crippen LogP contribution in [-0.4, -0.2) is 46.2 Å². The van der Waals surface area contributed by atoms with E-state index in [0.29, 0.717) is 23.6 Å². The molecule has 0 aliphatic carbocycles. The SMILES string of the molecule is CC(C)N(CCNC(=O)c1nnc(Cl)s1)C(C)C. The van der Waals surface area contributed by atoms with Crippen molar-refractivity contribution in [2.24, 2.45) is 0 Å². The van der Waals surface area contributed by atoms with Crippen LogP contribution in [0.5, 0.6) is 0 Å². The molecular weight excluding hydrogens is 272 g/mol. The Hall–Kier alpha value is -0.720. The highest BCUT2D eigenvalue weighted by Gasteiger charge is 2.15. The van der Waals surface area contributed by atoms with E-state index in [9.17, 15) is 4.79 Å². The Morgan fingerprint density at radius 1 is 1.33 bits per heavy atom. The van der Waals surface area contributed by atoms with E-state index in [0.717, 1.165) is 17.9 Å². The Bertz CT molecular complexity index is 386. The van der Waals surface area contributed by atoms with E-state index < -0.39 is 0 Å². The molecule has 0 bridgehead atoms. The van der Waals surface area contributed by atoms with Crippen molar-refractivity contribution >= 4 is 28.8 Å². The van der Waals surface area contributed by atoms with E-state index in [1.54, 1.807) is 0 Å². The van der Waals surface area contributed by atoms with Gasteiger partial charge in [-0.3, -0.25) is 9.69 Å². The van der Waals surface area contributed by atoms with Crippen molar-refractivity contribution in [3.63, 3.8) is 0 Å². The highest BCUT2D eigenvalue weighted by atomic mass is 35.5. The van der Waals surface area contributed by atoms with E-state index in [4.69, 9.17) is 11.6 Å². The smallest absolute Gasteiger partial charge is 0.282 e. The molecule has 0 atom stereocenters. The van der Waals surface area contributed by atoms with Gasteiger partial charge in [-0.1, -0.05) is 11.3 Å². The van der Waals surface area contributed by atoms with Crippen LogP contribution in [0.4, 0.5) is 0 Å². The number of carbonyl (C=O) groups excluding carboxylic acids is 1. The summed E-state index contributed by atoms with van der Waals surface area (Å²) in [7, 11) is 0. The fourth-order valence-corrected chi connectivity index (χ4v) is 2.53. The van der Waals surface area contributed by atoms with Crippen molar-refractivity contribution in [1.82, 2.24) is 20.4 Å². The van der Waals surface area contributed by atoms with E-state index in [1.165, 1.54) is 0 Å². The zero-order valence-electron chi connectivity index (χ0n) is 11.1. The summed E-state index contributed by atoms with van der Waals surface area (Å²) in [6.45, 7) is 9.98. The fourth-order valence-electron chi connectivity index (χ4n) is 1.78. The van der Waals surface area contributed by atoms with Crippen molar-refractivity contribution in [3.05, 3.63) is 9.47 Å². The molecule has 0 fully saturated rings. The third-order valence-electron chi connectivity index (χ3n) is 2.58. The lowest BCUT2D eigenvalue weighted by Gasteiger charge is -2.30. The van der Waals surface area contributed by atoms with Crippen LogP contribution < -0.4 is 5.32 Å². The Labute approximate surface area is 117 Å². The number of nitrogens with one attached hydrogen (secondary N) is 1. The predicted molar refractivity (Wildman–Crippen MR) is 74.2 cm³/mol. The van der Waals surface area contributed by atoms with Crippen LogP contribution >= 0.6 is 22.9 Å². The molecule has 1 rings (SSSR count). The molecule has 102 valence electrons. The van der Waals surface area contributed by atoms with Crippen LogP contribution in [-0.2, 0) is 0 Å². The fraction of sp³-hybridized carbons (Fsp3) is 0.727. The molecule has 7 heteroatoms. The summed E-state index contributed by atoms with van der Waals surface area (Å²) in [6.07, 6.45) is 0. The molecule has 18 heavy (non-hydrogen) atoms. The molecular formula is C11H19ClN4OS. The first-order chi connectivity index (χ1) is 8.41. The van der Waals surface area contributed by atoms with Gasteiger partial charge in [-0.2, -0.15) is 0 Å². The quantitative estimate of drug-likeness (QED) is 0.871. The summed E-state index contributed by atoms with van der Waals surface area (Å²) < 4.78 is 0.283.